The fourth-order valence-corrected chi connectivity index (χ4v) is 5.35. The second kappa shape index (κ2) is 7.09. The lowest BCUT2D eigenvalue weighted by Gasteiger charge is -2.50. The van der Waals surface area contributed by atoms with E-state index in [0.717, 1.165) is 29.5 Å². The average molecular weight is 357 g/mol. The van der Waals surface area contributed by atoms with Gasteiger partial charge in [0.2, 0.25) is 0 Å². The van der Waals surface area contributed by atoms with Crippen LogP contribution in [0.5, 0.6) is 0 Å². The summed E-state index contributed by atoms with van der Waals surface area (Å²) in [6.45, 7) is 4.96. The Labute approximate surface area is 162 Å². The van der Waals surface area contributed by atoms with Gasteiger partial charge in [-0.1, -0.05) is 61.9 Å². The number of nitrogens with zero attached hydrogens (tertiary/aromatic N) is 2. The van der Waals surface area contributed by atoms with Crippen molar-refractivity contribution in [2.75, 3.05) is 13.1 Å². The summed E-state index contributed by atoms with van der Waals surface area (Å²) in [6, 6.07) is 22.3. The van der Waals surface area contributed by atoms with E-state index in [2.05, 4.69) is 72.5 Å². The average Bonchev–Trinajstić information content (AvgIpc) is 2.74. The van der Waals surface area contributed by atoms with Crippen molar-refractivity contribution >= 4 is 10.9 Å². The molecular formula is C25H28N2. The van der Waals surface area contributed by atoms with Gasteiger partial charge in [-0.15, -0.1) is 0 Å². The third kappa shape index (κ3) is 3.17. The standard InChI is InChI=1S/C25H28N2/c1-2-18-17-27-13-12-20(18)14-22(27)15-21-16-25(19-8-4-3-5-9-19)26-24-11-7-6-10-23(21)24/h3-11,16,18,20,22H,2,12-15,17H2,1H3. The number of fused-ring (bicyclic) bond motifs is 4. The number of piperidine rings is 3. The Morgan fingerprint density at radius 3 is 2.63 bits per heavy atom. The van der Waals surface area contributed by atoms with Crippen LogP contribution >= 0.6 is 0 Å². The van der Waals surface area contributed by atoms with Crippen molar-refractivity contribution in [1.82, 2.24) is 9.88 Å². The van der Waals surface area contributed by atoms with E-state index in [1.54, 1.807) is 0 Å². The van der Waals surface area contributed by atoms with Crippen molar-refractivity contribution in [2.45, 2.75) is 38.6 Å². The number of benzene rings is 2. The van der Waals surface area contributed by atoms with Crippen LogP contribution in [0.1, 0.15) is 31.7 Å². The Morgan fingerprint density at radius 1 is 1.04 bits per heavy atom. The minimum absolute atomic E-state index is 0.695. The zero-order valence-electron chi connectivity index (χ0n) is 16.1. The highest BCUT2D eigenvalue weighted by atomic mass is 15.2. The van der Waals surface area contributed by atoms with Crippen LogP contribution in [0.25, 0.3) is 22.2 Å². The van der Waals surface area contributed by atoms with E-state index in [4.69, 9.17) is 4.98 Å². The summed E-state index contributed by atoms with van der Waals surface area (Å²) in [7, 11) is 0. The predicted octanol–water partition coefficient (Wildman–Crippen LogP) is 5.56. The van der Waals surface area contributed by atoms with Gasteiger partial charge in [-0.3, -0.25) is 4.90 Å². The van der Waals surface area contributed by atoms with Crippen molar-refractivity contribution in [1.29, 1.82) is 0 Å². The van der Waals surface area contributed by atoms with Crippen LogP contribution in [-0.4, -0.2) is 29.0 Å². The van der Waals surface area contributed by atoms with Crippen molar-refractivity contribution in [3.8, 4) is 11.3 Å². The molecule has 0 radical (unpaired) electrons. The van der Waals surface area contributed by atoms with Gasteiger partial charge in [-0.2, -0.15) is 0 Å². The smallest absolute Gasteiger partial charge is 0.0712 e. The molecule has 2 aromatic carbocycles. The highest BCUT2D eigenvalue weighted by molar-refractivity contribution is 5.85. The maximum absolute atomic E-state index is 4.96. The minimum atomic E-state index is 0.695. The summed E-state index contributed by atoms with van der Waals surface area (Å²) < 4.78 is 0. The van der Waals surface area contributed by atoms with Crippen LogP contribution in [0.4, 0.5) is 0 Å². The number of para-hydroxylation sites is 1. The number of hydrogen-bond acceptors (Lipinski definition) is 2. The summed E-state index contributed by atoms with van der Waals surface area (Å²) >= 11 is 0. The van der Waals surface area contributed by atoms with E-state index in [9.17, 15) is 0 Å². The molecule has 4 atom stereocenters. The van der Waals surface area contributed by atoms with Crippen LogP contribution in [0.2, 0.25) is 0 Å². The molecule has 4 unspecified atom stereocenters. The molecule has 3 fully saturated rings. The van der Waals surface area contributed by atoms with E-state index in [0.29, 0.717) is 6.04 Å². The van der Waals surface area contributed by atoms with Gasteiger partial charge in [0, 0.05) is 23.5 Å². The second-order valence-electron chi connectivity index (χ2n) is 8.36. The molecular weight excluding hydrogens is 328 g/mol. The predicted molar refractivity (Wildman–Crippen MR) is 113 cm³/mol. The maximum atomic E-state index is 4.96. The van der Waals surface area contributed by atoms with Gasteiger partial charge in [0.15, 0.2) is 0 Å². The van der Waals surface area contributed by atoms with Gasteiger partial charge < -0.3 is 0 Å². The second-order valence-corrected chi connectivity index (χ2v) is 8.36. The van der Waals surface area contributed by atoms with E-state index in [1.807, 2.05) is 0 Å². The third-order valence-corrected chi connectivity index (χ3v) is 6.87. The summed E-state index contributed by atoms with van der Waals surface area (Å²) in [6.07, 6.45) is 5.26. The van der Waals surface area contributed by atoms with E-state index >= 15 is 0 Å². The van der Waals surface area contributed by atoms with E-state index in [-0.39, 0.29) is 0 Å². The molecule has 0 N–H and O–H groups in total. The van der Waals surface area contributed by atoms with Gasteiger partial charge in [0.25, 0.3) is 0 Å². The van der Waals surface area contributed by atoms with Gasteiger partial charge in [-0.05, 0) is 55.3 Å². The van der Waals surface area contributed by atoms with Crippen LogP contribution in [-0.2, 0) is 6.42 Å². The normalized spacial score (nSPS) is 27.1. The van der Waals surface area contributed by atoms with Crippen LogP contribution in [0.15, 0.2) is 60.7 Å². The Kier molecular flexibility index (Phi) is 4.45. The summed E-state index contributed by atoms with van der Waals surface area (Å²) in [4.78, 5) is 7.73. The monoisotopic (exact) mass is 356 g/mol. The largest absolute Gasteiger partial charge is 0.300 e. The minimum Gasteiger partial charge on any atom is -0.300 e. The Bertz CT molecular complexity index is 933. The van der Waals surface area contributed by atoms with Crippen molar-refractivity contribution in [3.63, 3.8) is 0 Å². The molecule has 4 heterocycles. The summed E-state index contributed by atoms with van der Waals surface area (Å²) in [5.41, 5.74) is 4.90. The zero-order valence-corrected chi connectivity index (χ0v) is 16.1. The van der Waals surface area contributed by atoms with Crippen LogP contribution in [0, 0.1) is 11.8 Å². The fraction of sp³-hybridized carbons (Fsp3) is 0.400. The topological polar surface area (TPSA) is 16.1 Å². The molecule has 1 aromatic heterocycles. The third-order valence-electron chi connectivity index (χ3n) is 6.87. The van der Waals surface area contributed by atoms with Crippen molar-refractivity contribution in [2.24, 2.45) is 11.8 Å². The summed E-state index contributed by atoms with van der Waals surface area (Å²) in [5.74, 6) is 1.86. The van der Waals surface area contributed by atoms with Gasteiger partial charge >= 0.3 is 0 Å². The number of aromatic nitrogens is 1. The van der Waals surface area contributed by atoms with Gasteiger partial charge in [-0.25, -0.2) is 4.98 Å². The first-order valence-corrected chi connectivity index (χ1v) is 10.5. The first-order chi connectivity index (χ1) is 13.3. The number of pyridine rings is 1. The molecule has 0 aliphatic carbocycles. The first-order valence-electron chi connectivity index (χ1n) is 10.5. The molecule has 6 rings (SSSR count). The molecule has 3 aromatic rings. The number of rotatable bonds is 4. The molecule has 0 amide bonds. The number of hydrogen-bond donors (Lipinski definition) is 0. The van der Waals surface area contributed by atoms with E-state index in [1.165, 1.54) is 48.9 Å². The first kappa shape index (κ1) is 16.9. The Morgan fingerprint density at radius 2 is 1.85 bits per heavy atom. The van der Waals surface area contributed by atoms with Crippen molar-refractivity contribution < 1.29 is 0 Å². The lowest BCUT2D eigenvalue weighted by molar-refractivity contribution is 0.000322. The Balaban J connectivity index is 1.51. The quantitative estimate of drug-likeness (QED) is 0.608. The van der Waals surface area contributed by atoms with Gasteiger partial charge in [0.05, 0.1) is 11.2 Å². The molecule has 3 aliphatic rings. The fourth-order valence-electron chi connectivity index (χ4n) is 5.35. The zero-order chi connectivity index (χ0) is 18.2. The Hall–Kier alpha value is -2.19. The van der Waals surface area contributed by atoms with E-state index < -0.39 is 0 Å². The highest BCUT2D eigenvalue weighted by Crippen LogP contribution is 2.39. The summed E-state index contributed by atoms with van der Waals surface area (Å²) in [5, 5.41) is 1.33. The van der Waals surface area contributed by atoms with Crippen molar-refractivity contribution in [3.05, 3.63) is 66.2 Å². The van der Waals surface area contributed by atoms with Gasteiger partial charge in [0.1, 0.15) is 0 Å². The molecule has 0 saturated carbocycles. The molecule has 3 saturated heterocycles. The van der Waals surface area contributed by atoms with Crippen LogP contribution < -0.4 is 0 Å². The maximum Gasteiger partial charge on any atom is 0.0712 e. The molecule has 2 nitrogen and oxygen atoms in total. The molecule has 27 heavy (non-hydrogen) atoms. The van der Waals surface area contributed by atoms with Crippen LogP contribution in [0.3, 0.4) is 0 Å². The molecule has 138 valence electrons. The molecule has 2 bridgehead atoms. The lowest BCUT2D eigenvalue weighted by Crippen LogP contribution is -2.53. The molecule has 0 spiro atoms. The lowest BCUT2D eigenvalue weighted by atomic mass is 9.73. The molecule has 3 aliphatic heterocycles. The molecule has 2 heteroatoms. The SMILES string of the molecule is CCC1CN2CCC1CC2Cc1cc(-c2ccccc2)nc2ccccc12. The highest BCUT2D eigenvalue weighted by Gasteiger charge is 2.39.